The molecular formula is C26H26O5. The number of Topliss-reactive ketones (excluding diaryl/α,β-unsaturated/α-hetero) is 2. The number of rotatable bonds is 9. The third kappa shape index (κ3) is 7.85. The Morgan fingerprint density at radius 1 is 0.968 bits per heavy atom. The first-order valence-electron chi connectivity index (χ1n) is 10.1. The van der Waals surface area contributed by atoms with Gasteiger partial charge in [0.05, 0.1) is 18.6 Å². The van der Waals surface area contributed by atoms with Crippen LogP contribution in [0.2, 0.25) is 0 Å². The minimum atomic E-state index is -1.01. The van der Waals surface area contributed by atoms with Gasteiger partial charge < -0.3 is 14.9 Å². The smallest absolute Gasteiger partial charge is 0.164 e. The standard InChI is InChI=1S/C26H26O5/c1-3-31-18-22-10-8-20(9-11-22)6-4-5-7-21-12-14-23(15-13-21)25(29)16-24(19(2)28)26(30)17-27/h8-15,19,24,27-28H,3,16-18H2,1-2H3/t19-,24+/m1/s1. The fourth-order valence-electron chi connectivity index (χ4n) is 2.84. The predicted molar refractivity (Wildman–Crippen MR) is 118 cm³/mol. The van der Waals surface area contributed by atoms with Crippen molar-refractivity contribution in [1.82, 2.24) is 0 Å². The average molecular weight is 418 g/mol. The molecule has 0 aliphatic carbocycles. The van der Waals surface area contributed by atoms with Crippen LogP contribution in [-0.2, 0) is 16.1 Å². The van der Waals surface area contributed by atoms with Crippen LogP contribution in [-0.4, -0.2) is 41.1 Å². The Hall–Kier alpha value is -3.22. The minimum Gasteiger partial charge on any atom is -0.393 e. The molecule has 0 radical (unpaired) electrons. The Bertz CT molecular complexity index is 996. The van der Waals surface area contributed by atoms with Crippen LogP contribution in [0.3, 0.4) is 0 Å². The first-order valence-corrected chi connectivity index (χ1v) is 10.1. The zero-order valence-electron chi connectivity index (χ0n) is 17.7. The van der Waals surface area contributed by atoms with E-state index in [2.05, 4.69) is 23.7 Å². The Morgan fingerprint density at radius 2 is 1.52 bits per heavy atom. The van der Waals surface area contributed by atoms with Crippen molar-refractivity contribution in [2.45, 2.75) is 33.0 Å². The van der Waals surface area contributed by atoms with Crippen molar-refractivity contribution in [3.8, 4) is 23.7 Å². The maximum atomic E-state index is 12.4. The number of aliphatic hydroxyl groups is 2. The summed E-state index contributed by atoms with van der Waals surface area (Å²) in [7, 11) is 0. The topological polar surface area (TPSA) is 83.8 Å². The first-order chi connectivity index (χ1) is 14.9. The molecule has 0 spiro atoms. The molecule has 0 aromatic heterocycles. The van der Waals surface area contributed by atoms with Gasteiger partial charge in [-0.05, 0) is 55.5 Å². The molecule has 2 rings (SSSR count). The molecule has 0 saturated heterocycles. The number of ether oxygens (including phenoxy) is 1. The van der Waals surface area contributed by atoms with Gasteiger partial charge in [0.25, 0.3) is 0 Å². The molecule has 0 aliphatic heterocycles. The molecule has 2 atom stereocenters. The van der Waals surface area contributed by atoms with Gasteiger partial charge in [-0.15, -0.1) is 0 Å². The van der Waals surface area contributed by atoms with Crippen molar-refractivity contribution in [3.05, 3.63) is 70.8 Å². The van der Waals surface area contributed by atoms with E-state index in [1.54, 1.807) is 24.3 Å². The summed E-state index contributed by atoms with van der Waals surface area (Å²) in [5.74, 6) is 9.76. The van der Waals surface area contributed by atoms with E-state index in [1.165, 1.54) is 6.92 Å². The highest BCUT2D eigenvalue weighted by atomic mass is 16.5. The highest BCUT2D eigenvalue weighted by Gasteiger charge is 2.26. The molecule has 2 aromatic carbocycles. The highest BCUT2D eigenvalue weighted by molar-refractivity contribution is 5.99. The lowest BCUT2D eigenvalue weighted by atomic mass is 9.90. The average Bonchev–Trinajstić information content (AvgIpc) is 2.79. The maximum Gasteiger partial charge on any atom is 0.164 e. The van der Waals surface area contributed by atoms with Gasteiger partial charge in [-0.1, -0.05) is 36.1 Å². The molecule has 0 fully saturated rings. The first kappa shape index (κ1) is 24.1. The van der Waals surface area contributed by atoms with Gasteiger partial charge in [-0.3, -0.25) is 9.59 Å². The lowest BCUT2D eigenvalue weighted by molar-refractivity contribution is -0.128. The quantitative estimate of drug-likeness (QED) is 0.483. The Labute approximate surface area is 183 Å². The molecular weight excluding hydrogens is 392 g/mol. The molecule has 5 nitrogen and oxygen atoms in total. The predicted octanol–water partition coefficient (Wildman–Crippen LogP) is 2.76. The second kappa shape index (κ2) is 12.5. The van der Waals surface area contributed by atoms with Crippen molar-refractivity contribution < 1.29 is 24.5 Å². The third-order valence-corrected chi connectivity index (χ3v) is 4.67. The molecule has 0 unspecified atom stereocenters. The molecule has 0 aliphatic rings. The van der Waals surface area contributed by atoms with Crippen molar-refractivity contribution in [1.29, 1.82) is 0 Å². The summed E-state index contributed by atoms with van der Waals surface area (Å²) >= 11 is 0. The van der Waals surface area contributed by atoms with Crippen LogP contribution < -0.4 is 0 Å². The fourth-order valence-corrected chi connectivity index (χ4v) is 2.84. The van der Waals surface area contributed by atoms with Crippen molar-refractivity contribution >= 4 is 11.6 Å². The second-order valence-electron chi connectivity index (χ2n) is 7.01. The maximum absolute atomic E-state index is 12.4. The summed E-state index contributed by atoms with van der Waals surface area (Å²) < 4.78 is 5.36. The minimum absolute atomic E-state index is 0.156. The molecule has 2 N–H and O–H groups in total. The number of aliphatic hydroxyl groups excluding tert-OH is 2. The van der Waals surface area contributed by atoms with Crippen molar-refractivity contribution in [3.63, 3.8) is 0 Å². The van der Waals surface area contributed by atoms with E-state index in [1.807, 2.05) is 31.2 Å². The van der Waals surface area contributed by atoms with Crippen LogP contribution in [0.25, 0.3) is 0 Å². The van der Waals surface area contributed by atoms with Crippen LogP contribution in [0.5, 0.6) is 0 Å². The van der Waals surface area contributed by atoms with Crippen LogP contribution in [0.15, 0.2) is 48.5 Å². The van der Waals surface area contributed by atoms with Crippen LogP contribution >= 0.6 is 0 Å². The van der Waals surface area contributed by atoms with Gasteiger partial charge in [0.1, 0.15) is 6.61 Å². The van der Waals surface area contributed by atoms with E-state index in [0.29, 0.717) is 24.3 Å². The number of benzene rings is 2. The summed E-state index contributed by atoms with van der Waals surface area (Å²) in [6, 6.07) is 14.4. The van der Waals surface area contributed by atoms with E-state index in [9.17, 15) is 14.7 Å². The Morgan fingerprint density at radius 3 is 2.00 bits per heavy atom. The van der Waals surface area contributed by atoms with Crippen LogP contribution in [0, 0.1) is 29.6 Å². The fraction of sp³-hybridized carbons (Fsp3) is 0.308. The van der Waals surface area contributed by atoms with E-state index in [-0.39, 0.29) is 12.2 Å². The van der Waals surface area contributed by atoms with E-state index < -0.39 is 24.4 Å². The van der Waals surface area contributed by atoms with Crippen LogP contribution in [0.4, 0.5) is 0 Å². The van der Waals surface area contributed by atoms with E-state index in [4.69, 9.17) is 9.84 Å². The normalized spacial score (nSPS) is 12.0. The number of ketones is 2. The molecule has 2 aromatic rings. The molecule has 5 heteroatoms. The number of carbonyl (C=O) groups is 2. The summed E-state index contributed by atoms with van der Waals surface area (Å²) in [5, 5.41) is 18.7. The summed E-state index contributed by atoms with van der Waals surface area (Å²) in [4.78, 5) is 24.1. The van der Waals surface area contributed by atoms with Gasteiger partial charge in [0, 0.05) is 29.7 Å². The number of hydrogen-bond donors (Lipinski definition) is 2. The Balaban J connectivity index is 1.98. The summed E-state index contributed by atoms with van der Waals surface area (Å²) in [6.45, 7) is 3.95. The van der Waals surface area contributed by atoms with Gasteiger partial charge in [-0.2, -0.15) is 0 Å². The van der Waals surface area contributed by atoms with Gasteiger partial charge in [0.2, 0.25) is 0 Å². The molecule has 0 amide bonds. The van der Waals surface area contributed by atoms with E-state index >= 15 is 0 Å². The molecule has 0 heterocycles. The monoisotopic (exact) mass is 418 g/mol. The zero-order valence-corrected chi connectivity index (χ0v) is 17.7. The van der Waals surface area contributed by atoms with Crippen molar-refractivity contribution in [2.75, 3.05) is 13.2 Å². The second-order valence-corrected chi connectivity index (χ2v) is 7.01. The van der Waals surface area contributed by atoms with Crippen LogP contribution in [0.1, 0.15) is 47.3 Å². The molecule has 0 saturated carbocycles. The zero-order chi connectivity index (χ0) is 22.6. The van der Waals surface area contributed by atoms with E-state index in [0.717, 1.165) is 11.1 Å². The SMILES string of the molecule is CCOCc1ccc(C#CC#Cc2ccc(C(=O)C[C@H](C(=O)CO)[C@@H](C)O)cc2)cc1. The highest BCUT2D eigenvalue weighted by Crippen LogP contribution is 2.16. The molecule has 0 bridgehead atoms. The summed E-state index contributed by atoms with van der Waals surface area (Å²) in [6.07, 6.45) is -1.16. The van der Waals surface area contributed by atoms with Crippen molar-refractivity contribution in [2.24, 2.45) is 5.92 Å². The molecule has 160 valence electrons. The summed E-state index contributed by atoms with van der Waals surface area (Å²) in [5.41, 5.74) is 3.07. The largest absolute Gasteiger partial charge is 0.393 e. The number of hydrogen-bond acceptors (Lipinski definition) is 5. The van der Waals surface area contributed by atoms with Gasteiger partial charge in [0.15, 0.2) is 11.6 Å². The molecule has 31 heavy (non-hydrogen) atoms. The third-order valence-electron chi connectivity index (χ3n) is 4.67. The van der Waals surface area contributed by atoms with Gasteiger partial charge >= 0.3 is 0 Å². The lowest BCUT2D eigenvalue weighted by Gasteiger charge is -2.16. The Kier molecular flexibility index (Phi) is 9.68. The van der Waals surface area contributed by atoms with Gasteiger partial charge in [-0.25, -0.2) is 0 Å². The lowest BCUT2D eigenvalue weighted by Crippen LogP contribution is -2.30. The number of carbonyl (C=O) groups excluding carboxylic acids is 2.